The number of carboxylic acid groups (broad SMARTS) is 1. The maximum absolute atomic E-state index is 13.8. The van der Waals surface area contributed by atoms with Gasteiger partial charge in [-0.1, -0.05) is 36.4 Å². The maximum atomic E-state index is 13.8. The first kappa shape index (κ1) is 27.9. The standard InChI is InChI=1S/C31H21N3O7S2/c35-17-6-8-19-24(13-17)40-25-14-18(36)7-9-20(25)31(19)21-10-11-22(32-15-42)27(26(21)29(39)41-31)34-30(43)33-23(28(37)38)12-16-4-2-1-3-5-16/h1-11,13-14,23,35-36H,12H2,(H,37,38)(H2,33,34,43)/t23-/m0/s1. The molecule has 4 aromatic carbocycles. The number of carboxylic acids is 1. The van der Waals surface area contributed by atoms with Crippen LogP contribution < -0.4 is 15.4 Å². The van der Waals surface area contributed by atoms with Crippen molar-refractivity contribution in [3.05, 3.63) is 107 Å². The van der Waals surface area contributed by atoms with Crippen LogP contribution in [0.15, 0.2) is 83.9 Å². The second-order valence-electron chi connectivity index (χ2n) is 9.80. The van der Waals surface area contributed by atoms with Crippen LogP contribution in [0.1, 0.15) is 32.6 Å². The van der Waals surface area contributed by atoms with Gasteiger partial charge in [-0.2, -0.15) is 4.99 Å². The summed E-state index contributed by atoms with van der Waals surface area (Å²) in [6.07, 6.45) is 0.147. The van der Waals surface area contributed by atoms with Crippen LogP contribution in [0, 0.1) is 0 Å². The first-order valence-corrected chi connectivity index (χ1v) is 13.7. The third-order valence-electron chi connectivity index (χ3n) is 7.21. The molecule has 0 saturated carbocycles. The molecule has 214 valence electrons. The van der Waals surface area contributed by atoms with Gasteiger partial charge in [-0.25, -0.2) is 9.59 Å². The molecule has 6 rings (SSSR count). The summed E-state index contributed by atoms with van der Waals surface area (Å²) in [7, 11) is 0. The van der Waals surface area contributed by atoms with Gasteiger partial charge >= 0.3 is 11.9 Å². The molecule has 0 unspecified atom stereocenters. The topological polar surface area (TPSA) is 150 Å². The number of isothiocyanates is 1. The number of aromatic hydroxyl groups is 2. The van der Waals surface area contributed by atoms with E-state index in [1.807, 2.05) is 30.3 Å². The van der Waals surface area contributed by atoms with Gasteiger partial charge in [-0.05, 0) is 60.3 Å². The molecule has 2 heterocycles. The molecule has 10 nitrogen and oxygen atoms in total. The van der Waals surface area contributed by atoms with E-state index in [0.29, 0.717) is 16.7 Å². The molecule has 2 aliphatic heterocycles. The average molecular weight is 612 g/mol. The minimum atomic E-state index is -1.53. The van der Waals surface area contributed by atoms with Gasteiger partial charge in [0.25, 0.3) is 0 Å². The predicted octanol–water partition coefficient (Wildman–Crippen LogP) is 5.38. The Balaban J connectivity index is 1.46. The smallest absolute Gasteiger partial charge is 0.342 e. The van der Waals surface area contributed by atoms with Crippen molar-refractivity contribution in [2.45, 2.75) is 18.1 Å². The molecule has 2 aliphatic rings. The summed E-state index contributed by atoms with van der Waals surface area (Å²) in [5.41, 5.74) is 0.938. The Morgan fingerprint density at radius 1 is 0.953 bits per heavy atom. The van der Waals surface area contributed by atoms with Crippen LogP contribution in [-0.4, -0.2) is 43.6 Å². The maximum Gasteiger partial charge on any atom is 0.342 e. The first-order valence-electron chi connectivity index (χ1n) is 12.9. The van der Waals surface area contributed by atoms with Crippen molar-refractivity contribution in [1.29, 1.82) is 0 Å². The highest BCUT2D eigenvalue weighted by molar-refractivity contribution is 7.80. The third-order valence-corrected chi connectivity index (χ3v) is 7.52. The number of ether oxygens (including phenoxy) is 2. The van der Waals surface area contributed by atoms with E-state index in [9.17, 15) is 24.9 Å². The quantitative estimate of drug-likeness (QED) is 0.109. The summed E-state index contributed by atoms with van der Waals surface area (Å²) >= 11 is 10.3. The number of hydrogen-bond donors (Lipinski definition) is 5. The summed E-state index contributed by atoms with van der Waals surface area (Å²) < 4.78 is 12.2. The number of aliphatic imine (C=N–C) groups is 1. The number of phenols is 2. The van der Waals surface area contributed by atoms with Crippen molar-refractivity contribution < 1.29 is 34.4 Å². The van der Waals surface area contributed by atoms with E-state index in [2.05, 4.69) is 20.8 Å². The normalized spacial score (nSPS) is 14.2. The van der Waals surface area contributed by atoms with Gasteiger partial charge in [0.2, 0.25) is 0 Å². The fourth-order valence-corrected chi connectivity index (χ4v) is 5.75. The first-order chi connectivity index (χ1) is 20.7. The molecular weight excluding hydrogens is 590 g/mol. The number of hydrogen-bond acceptors (Lipinski definition) is 9. The van der Waals surface area contributed by atoms with Gasteiger partial charge in [-0.15, -0.1) is 0 Å². The number of fused-ring (bicyclic) bond motifs is 6. The Hall–Kier alpha value is -5.29. The minimum absolute atomic E-state index is 0.0741. The number of rotatable bonds is 6. The Kier molecular flexibility index (Phi) is 7.02. The number of nitrogens with one attached hydrogen (secondary N) is 2. The van der Waals surface area contributed by atoms with Crippen LogP contribution in [0.3, 0.4) is 0 Å². The summed E-state index contributed by atoms with van der Waals surface area (Å²) in [6.45, 7) is 0. The predicted molar refractivity (Wildman–Crippen MR) is 164 cm³/mol. The van der Waals surface area contributed by atoms with E-state index in [-0.39, 0.29) is 51.5 Å². The zero-order valence-electron chi connectivity index (χ0n) is 22.0. The number of anilines is 1. The molecule has 4 aromatic rings. The highest BCUT2D eigenvalue weighted by atomic mass is 32.1. The molecule has 0 bridgehead atoms. The Morgan fingerprint density at radius 3 is 2.19 bits per heavy atom. The molecule has 0 aromatic heterocycles. The van der Waals surface area contributed by atoms with Gasteiger partial charge in [0.05, 0.1) is 22.1 Å². The SMILES string of the molecule is O=C1OC2(c3ccc(O)cc3Oc3cc(O)ccc32)c2ccc(N=C=S)c(NC(=S)N[C@@H](Cc3ccccc3)C(=O)O)c21. The number of nitrogens with zero attached hydrogens (tertiary/aromatic N) is 1. The Bertz CT molecular complexity index is 1820. The minimum Gasteiger partial charge on any atom is -0.508 e. The number of carbonyl (C=O) groups is 2. The van der Waals surface area contributed by atoms with Crippen LogP contribution in [0.25, 0.3) is 0 Å². The van der Waals surface area contributed by atoms with Crippen molar-refractivity contribution in [2.24, 2.45) is 4.99 Å². The summed E-state index contributed by atoms with van der Waals surface area (Å²) in [6, 6.07) is 20.1. The Morgan fingerprint density at radius 2 is 1.58 bits per heavy atom. The van der Waals surface area contributed by atoms with Gasteiger partial charge < -0.3 is 35.4 Å². The fraction of sp³-hybridized carbons (Fsp3) is 0.0968. The lowest BCUT2D eigenvalue weighted by Gasteiger charge is -2.36. The van der Waals surface area contributed by atoms with Gasteiger partial charge in [0.1, 0.15) is 29.0 Å². The number of benzene rings is 4. The van der Waals surface area contributed by atoms with Crippen molar-refractivity contribution in [2.75, 3.05) is 5.32 Å². The molecule has 5 N–H and O–H groups in total. The monoisotopic (exact) mass is 611 g/mol. The number of thiocarbonyl (C=S) groups is 2. The molecule has 0 saturated heterocycles. The molecule has 12 heteroatoms. The van der Waals surface area contributed by atoms with Crippen molar-refractivity contribution in [3.8, 4) is 23.0 Å². The van der Waals surface area contributed by atoms with Crippen molar-refractivity contribution in [1.82, 2.24) is 5.32 Å². The second kappa shape index (κ2) is 10.8. The van der Waals surface area contributed by atoms with Crippen molar-refractivity contribution >= 4 is 58.0 Å². The van der Waals surface area contributed by atoms with Crippen LogP contribution in [0.2, 0.25) is 0 Å². The molecule has 0 radical (unpaired) electrons. The number of aliphatic carboxylic acids is 1. The van der Waals surface area contributed by atoms with Crippen molar-refractivity contribution in [3.63, 3.8) is 0 Å². The van der Waals surface area contributed by atoms with Gasteiger partial charge in [-0.3, -0.25) is 0 Å². The van der Waals surface area contributed by atoms with E-state index in [0.717, 1.165) is 5.56 Å². The zero-order valence-corrected chi connectivity index (χ0v) is 23.7. The molecule has 0 aliphatic carbocycles. The number of carbonyl (C=O) groups excluding carboxylic acids is 1. The molecular formula is C31H21N3O7S2. The summed E-state index contributed by atoms with van der Waals surface area (Å²) in [4.78, 5) is 29.9. The van der Waals surface area contributed by atoms with Crippen LogP contribution >= 0.6 is 24.4 Å². The average Bonchev–Trinajstić information content (AvgIpc) is 3.26. The Labute approximate surface area is 255 Å². The zero-order chi connectivity index (χ0) is 30.3. The highest BCUT2D eigenvalue weighted by Crippen LogP contribution is 2.58. The molecule has 43 heavy (non-hydrogen) atoms. The second-order valence-corrected chi connectivity index (χ2v) is 10.4. The lowest BCUT2D eigenvalue weighted by Crippen LogP contribution is -2.44. The van der Waals surface area contributed by atoms with E-state index in [4.69, 9.17) is 33.9 Å². The van der Waals surface area contributed by atoms with Crippen LogP contribution in [0.5, 0.6) is 23.0 Å². The van der Waals surface area contributed by atoms with E-state index >= 15 is 0 Å². The number of phenolic OH excluding ortho intramolecular Hbond substituents is 2. The summed E-state index contributed by atoms with van der Waals surface area (Å²) in [5, 5.41) is 38.2. The molecule has 0 fully saturated rings. The fourth-order valence-electron chi connectivity index (χ4n) is 5.41. The van der Waals surface area contributed by atoms with Gasteiger partial charge in [0, 0.05) is 35.2 Å². The molecule has 1 atom stereocenters. The molecule has 0 amide bonds. The highest BCUT2D eigenvalue weighted by Gasteiger charge is 2.54. The third kappa shape index (κ3) is 4.83. The van der Waals surface area contributed by atoms with Gasteiger partial charge in [0.15, 0.2) is 10.7 Å². The lowest BCUT2D eigenvalue weighted by atomic mass is 9.77. The van der Waals surface area contributed by atoms with E-state index in [1.165, 1.54) is 24.3 Å². The lowest BCUT2D eigenvalue weighted by molar-refractivity contribution is -0.139. The van der Waals surface area contributed by atoms with Crippen LogP contribution in [0.4, 0.5) is 11.4 Å². The van der Waals surface area contributed by atoms with E-state index < -0.39 is 23.6 Å². The van der Waals surface area contributed by atoms with E-state index in [1.54, 1.807) is 24.3 Å². The number of esters is 1. The van der Waals surface area contributed by atoms with Crippen LogP contribution in [-0.2, 0) is 21.6 Å². The molecule has 1 spiro atoms. The largest absolute Gasteiger partial charge is 0.508 e. The summed E-state index contributed by atoms with van der Waals surface area (Å²) in [5.74, 6) is -1.57.